The zero-order chi connectivity index (χ0) is 14.4. The number of halogens is 1. The highest BCUT2D eigenvalue weighted by atomic mass is 32.1. The quantitative estimate of drug-likeness (QED) is 0.877. The van der Waals surface area contributed by atoms with Crippen molar-refractivity contribution in [2.24, 2.45) is 5.73 Å². The lowest BCUT2D eigenvalue weighted by Gasteiger charge is -2.15. The zero-order valence-corrected chi connectivity index (χ0v) is 12.2. The first-order valence-electron chi connectivity index (χ1n) is 6.38. The van der Waals surface area contributed by atoms with E-state index >= 15 is 0 Å². The fourth-order valence-corrected chi connectivity index (χ4v) is 2.90. The summed E-state index contributed by atoms with van der Waals surface area (Å²) < 4.78 is 13.1. The first kappa shape index (κ1) is 14.7. The van der Waals surface area contributed by atoms with Crippen LogP contribution in [0.5, 0.6) is 0 Å². The van der Waals surface area contributed by atoms with Crippen molar-refractivity contribution >= 4 is 11.3 Å². The molecule has 0 atom stereocenters. The Kier molecular flexibility index (Phi) is 5.31. The average molecular weight is 288 g/mol. The second-order valence-electron chi connectivity index (χ2n) is 4.57. The lowest BCUT2D eigenvalue weighted by Crippen LogP contribution is -2.16. The lowest BCUT2D eigenvalue weighted by atomic mass is 10.2. The standard InChI is InChI=1S/C16H17FN2S/c1-19(11-13-4-2-5-14(17)10-13)12-16-8-7-15(20-16)6-3-9-18/h2,4-5,7-8,10H,9,11-12,18H2,1H3. The molecule has 1 heterocycles. The van der Waals surface area contributed by atoms with Gasteiger partial charge in [-0.15, -0.1) is 11.3 Å². The zero-order valence-electron chi connectivity index (χ0n) is 11.4. The van der Waals surface area contributed by atoms with E-state index in [0.29, 0.717) is 6.54 Å². The minimum Gasteiger partial charge on any atom is -0.320 e. The molecule has 0 bridgehead atoms. The molecule has 4 heteroatoms. The van der Waals surface area contributed by atoms with Crippen LogP contribution < -0.4 is 5.73 Å². The number of hydrogen-bond donors (Lipinski definition) is 1. The molecular formula is C16H17FN2S. The van der Waals surface area contributed by atoms with Crippen molar-refractivity contribution in [3.8, 4) is 11.8 Å². The van der Waals surface area contributed by atoms with Gasteiger partial charge in [-0.3, -0.25) is 4.90 Å². The number of thiophene rings is 1. The SMILES string of the molecule is CN(Cc1cccc(F)c1)Cc1ccc(C#CCN)s1. The van der Waals surface area contributed by atoms with Gasteiger partial charge in [-0.05, 0) is 36.9 Å². The van der Waals surface area contributed by atoms with Crippen LogP contribution in [0.1, 0.15) is 15.3 Å². The molecule has 20 heavy (non-hydrogen) atoms. The van der Waals surface area contributed by atoms with Gasteiger partial charge in [0.15, 0.2) is 0 Å². The predicted molar refractivity (Wildman–Crippen MR) is 81.8 cm³/mol. The summed E-state index contributed by atoms with van der Waals surface area (Å²) in [4.78, 5) is 4.43. The van der Waals surface area contributed by atoms with Gasteiger partial charge in [0.05, 0.1) is 11.4 Å². The first-order chi connectivity index (χ1) is 9.67. The van der Waals surface area contributed by atoms with E-state index in [9.17, 15) is 4.39 Å². The highest BCUT2D eigenvalue weighted by molar-refractivity contribution is 7.12. The smallest absolute Gasteiger partial charge is 0.123 e. The maximum absolute atomic E-state index is 13.1. The molecule has 2 nitrogen and oxygen atoms in total. The van der Waals surface area contributed by atoms with E-state index in [1.807, 2.05) is 19.2 Å². The third-order valence-corrected chi connectivity index (χ3v) is 3.73. The predicted octanol–water partition coefficient (Wildman–Crippen LogP) is 2.83. The molecule has 2 N–H and O–H groups in total. The Hall–Kier alpha value is -1.67. The molecule has 2 rings (SSSR count). The molecule has 0 aliphatic rings. The van der Waals surface area contributed by atoms with Crippen LogP contribution in [-0.2, 0) is 13.1 Å². The molecule has 0 amide bonds. The summed E-state index contributed by atoms with van der Waals surface area (Å²) in [6.45, 7) is 1.93. The van der Waals surface area contributed by atoms with Gasteiger partial charge in [-0.25, -0.2) is 4.39 Å². The Bertz CT molecular complexity index is 625. The van der Waals surface area contributed by atoms with Crippen LogP contribution in [0, 0.1) is 17.7 Å². The number of rotatable bonds is 4. The number of nitrogens with two attached hydrogens (primary N) is 1. The average Bonchev–Trinajstić information content (AvgIpc) is 2.83. The molecule has 0 aliphatic carbocycles. The maximum Gasteiger partial charge on any atom is 0.123 e. The summed E-state index contributed by atoms with van der Waals surface area (Å²) >= 11 is 1.67. The monoisotopic (exact) mass is 288 g/mol. The summed E-state index contributed by atoms with van der Waals surface area (Å²) in [6.07, 6.45) is 0. The van der Waals surface area contributed by atoms with E-state index in [1.165, 1.54) is 10.9 Å². The third-order valence-electron chi connectivity index (χ3n) is 2.74. The van der Waals surface area contributed by atoms with Crippen molar-refractivity contribution in [1.29, 1.82) is 0 Å². The van der Waals surface area contributed by atoms with Crippen LogP contribution >= 0.6 is 11.3 Å². The Morgan fingerprint density at radius 3 is 2.85 bits per heavy atom. The van der Waals surface area contributed by atoms with Gasteiger partial charge in [0.1, 0.15) is 5.82 Å². The molecule has 104 valence electrons. The van der Waals surface area contributed by atoms with Gasteiger partial charge in [0, 0.05) is 18.0 Å². The van der Waals surface area contributed by atoms with Gasteiger partial charge in [-0.1, -0.05) is 24.0 Å². The molecule has 1 aromatic carbocycles. The van der Waals surface area contributed by atoms with Crippen molar-refractivity contribution in [3.05, 3.63) is 57.5 Å². The van der Waals surface area contributed by atoms with Crippen LogP contribution in [0.25, 0.3) is 0 Å². The second-order valence-corrected chi connectivity index (χ2v) is 5.74. The molecule has 0 unspecified atom stereocenters. The van der Waals surface area contributed by atoms with Gasteiger partial charge < -0.3 is 5.73 Å². The van der Waals surface area contributed by atoms with Crippen LogP contribution in [0.2, 0.25) is 0 Å². The van der Waals surface area contributed by atoms with Crippen LogP contribution in [0.3, 0.4) is 0 Å². The van der Waals surface area contributed by atoms with E-state index in [2.05, 4.69) is 22.8 Å². The molecular weight excluding hydrogens is 271 g/mol. The molecule has 0 aliphatic heterocycles. The minimum absolute atomic E-state index is 0.189. The van der Waals surface area contributed by atoms with E-state index in [4.69, 9.17) is 5.73 Å². The molecule has 1 aromatic heterocycles. The Balaban J connectivity index is 1.94. The molecule has 0 spiro atoms. The normalized spacial score (nSPS) is 10.4. The van der Waals surface area contributed by atoms with Gasteiger partial charge in [0.2, 0.25) is 0 Å². The van der Waals surface area contributed by atoms with Crippen molar-refractivity contribution < 1.29 is 4.39 Å². The topological polar surface area (TPSA) is 29.3 Å². The number of benzene rings is 1. The third kappa shape index (κ3) is 4.46. The summed E-state index contributed by atoms with van der Waals surface area (Å²) in [5.41, 5.74) is 6.33. The van der Waals surface area contributed by atoms with E-state index in [0.717, 1.165) is 23.5 Å². The fourth-order valence-electron chi connectivity index (χ4n) is 1.94. The van der Waals surface area contributed by atoms with Crippen LogP contribution in [-0.4, -0.2) is 18.5 Å². The molecule has 2 aromatic rings. The summed E-state index contributed by atoms with van der Waals surface area (Å²) in [5.74, 6) is 5.69. The van der Waals surface area contributed by atoms with E-state index in [1.54, 1.807) is 23.5 Å². The van der Waals surface area contributed by atoms with Crippen molar-refractivity contribution in [2.75, 3.05) is 13.6 Å². The van der Waals surface area contributed by atoms with Crippen LogP contribution in [0.4, 0.5) is 4.39 Å². The lowest BCUT2D eigenvalue weighted by molar-refractivity contribution is 0.321. The number of nitrogens with zero attached hydrogens (tertiary/aromatic N) is 1. The van der Waals surface area contributed by atoms with Crippen molar-refractivity contribution in [2.45, 2.75) is 13.1 Å². The van der Waals surface area contributed by atoms with E-state index in [-0.39, 0.29) is 5.82 Å². The Morgan fingerprint density at radius 2 is 2.10 bits per heavy atom. The fraction of sp³-hybridized carbons (Fsp3) is 0.250. The summed E-state index contributed by atoms with van der Waals surface area (Å²) in [7, 11) is 2.02. The first-order valence-corrected chi connectivity index (χ1v) is 7.19. The summed E-state index contributed by atoms with van der Waals surface area (Å²) in [6, 6.07) is 10.8. The highest BCUT2D eigenvalue weighted by Crippen LogP contribution is 2.18. The molecule has 0 fully saturated rings. The Morgan fingerprint density at radius 1 is 1.25 bits per heavy atom. The largest absolute Gasteiger partial charge is 0.320 e. The highest BCUT2D eigenvalue weighted by Gasteiger charge is 2.05. The minimum atomic E-state index is -0.189. The van der Waals surface area contributed by atoms with E-state index < -0.39 is 0 Å². The molecule has 0 saturated carbocycles. The van der Waals surface area contributed by atoms with Crippen molar-refractivity contribution in [1.82, 2.24) is 4.90 Å². The van der Waals surface area contributed by atoms with Gasteiger partial charge in [0.25, 0.3) is 0 Å². The van der Waals surface area contributed by atoms with Gasteiger partial charge in [-0.2, -0.15) is 0 Å². The second kappa shape index (κ2) is 7.20. The van der Waals surface area contributed by atoms with Gasteiger partial charge >= 0.3 is 0 Å². The Labute approximate surface area is 123 Å². The number of hydrogen-bond acceptors (Lipinski definition) is 3. The maximum atomic E-state index is 13.1. The molecule has 0 radical (unpaired) electrons. The summed E-state index contributed by atoms with van der Waals surface area (Å²) in [5, 5.41) is 0. The molecule has 0 saturated heterocycles. The van der Waals surface area contributed by atoms with Crippen LogP contribution in [0.15, 0.2) is 36.4 Å². The van der Waals surface area contributed by atoms with Crippen molar-refractivity contribution in [3.63, 3.8) is 0 Å².